The fraction of sp³-hybridized carbons (Fsp3) is 0.818. The van der Waals surface area contributed by atoms with Gasteiger partial charge in [0.1, 0.15) is 0 Å². The molecular formula is C11H23AlOSi. The second-order valence-corrected chi connectivity index (χ2v) is 13.2. The maximum absolute atomic E-state index is 6.01. The topological polar surface area (TPSA) is 9.23 Å². The monoisotopic (exact) mass is 226 g/mol. The molecule has 0 fully saturated rings. The molecular weight excluding hydrogens is 203 g/mol. The molecule has 0 saturated carbocycles. The fourth-order valence-corrected chi connectivity index (χ4v) is 10.6. The maximum Gasteiger partial charge on any atom is 0.490 e. The van der Waals surface area contributed by atoms with Crippen LogP contribution in [0.2, 0.25) is 25.4 Å². The van der Waals surface area contributed by atoms with Crippen LogP contribution in [-0.4, -0.2) is 29.2 Å². The third kappa shape index (κ3) is 3.24. The Morgan fingerprint density at radius 3 is 2.43 bits per heavy atom. The molecule has 0 spiro atoms. The van der Waals surface area contributed by atoms with E-state index >= 15 is 0 Å². The summed E-state index contributed by atoms with van der Waals surface area (Å²) in [6, 6.07) is 0. The van der Waals surface area contributed by atoms with Gasteiger partial charge in [-0.2, -0.15) is 0 Å². The van der Waals surface area contributed by atoms with Crippen molar-refractivity contribution >= 4 is 22.6 Å². The second kappa shape index (κ2) is 4.98. The van der Waals surface area contributed by atoms with E-state index in [0.717, 1.165) is 6.61 Å². The second-order valence-electron chi connectivity index (χ2n) is 5.41. The minimum atomic E-state index is -1.12. The van der Waals surface area contributed by atoms with Gasteiger partial charge in [0.05, 0.1) is 8.07 Å². The zero-order chi connectivity index (χ0) is 10.8. The smallest absolute Gasteiger partial charge is 0.490 e. The predicted molar refractivity (Wildman–Crippen MR) is 67.5 cm³/mol. The Hall–Kier alpha value is 0.449. The first-order valence-electron chi connectivity index (χ1n) is 5.74. The molecule has 80 valence electrons. The minimum Gasteiger partial charge on any atom is -0.498 e. The van der Waals surface area contributed by atoms with E-state index in [0.29, 0.717) is 0 Å². The number of allylic oxidation sites excluding steroid dienone is 1. The van der Waals surface area contributed by atoms with Gasteiger partial charge in [-0.15, -0.1) is 4.06 Å². The summed E-state index contributed by atoms with van der Waals surface area (Å²) in [6.45, 7) is 10.7. The van der Waals surface area contributed by atoms with Crippen LogP contribution in [0.3, 0.4) is 0 Å². The van der Waals surface area contributed by atoms with Crippen molar-refractivity contribution < 1.29 is 3.79 Å². The summed E-state index contributed by atoms with van der Waals surface area (Å²) < 4.78 is 7.80. The van der Waals surface area contributed by atoms with Gasteiger partial charge in [0, 0.05) is 6.61 Å². The predicted octanol–water partition coefficient (Wildman–Crippen LogP) is 3.54. The number of hydrogen-bond acceptors (Lipinski definition) is 1. The van der Waals surface area contributed by atoms with Gasteiger partial charge in [-0.05, 0) is 26.2 Å². The number of hydrogen-bond donors (Lipinski definition) is 0. The van der Waals surface area contributed by atoms with Gasteiger partial charge in [-0.3, -0.25) is 0 Å². The first kappa shape index (κ1) is 12.5. The summed E-state index contributed by atoms with van der Waals surface area (Å²) >= 11 is -1.03. The van der Waals surface area contributed by atoms with Gasteiger partial charge < -0.3 is 3.79 Å². The third-order valence-electron chi connectivity index (χ3n) is 2.99. The van der Waals surface area contributed by atoms with Crippen molar-refractivity contribution in [2.24, 2.45) is 0 Å². The first-order valence-corrected chi connectivity index (χ1v) is 11.4. The molecule has 0 aromatic carbocycles. The molecule has 0 N–H and O–H groups in total. The molecule has 0 bridgehead atoms. The minimum absolute atomic E-state index is 1.01. The average molecular weight is 226 g/mol. The summed E-state index contributed by atoms with van der Waals surface area (Å²) in [6.07, 6.45) is 3.90. The standard InChI is InChI=1S/C10H20OSi.CH3.Al/c1-10(7-5-6-8-11)9-12(2,3)4;;/h5-8H2,1-4H3;1H3;/q-1;;+1. The van der Waals surface area contributed by atoms with Crippen molar-refractivity contribution in [3.05, 3.63) is 9.63 Å². The molecule has 0 aromatic rings. The van der Waals surface area contributed by atoms with E-state index in [1.807, 2.05) is 0 Å². The summed E-state index contributed by atoms with van der Waals surface area (Å²) in [4.78, 5) is 0. The van der Waals surface area contributed by atoms with Crippen molar-refractivity contribution in [2.45, 2.75) is 51.6 Å². The van der Waals surface area contributed by atoms with E-state index in [1.165, 1.54) is 19.3 Å². The Bertz CT molecular complexity index is 230. The van der Waals surface area contributed by atoms with Crippen molar-refractivity contribution in [1.82, 2.24) is 0 Å². The molecule has 1 aliphatic rings. The van der Waals surface area contributed by atoms with E-state index in [-0.39, 0.29) is 0 Å². The van der Waals surface area contributed by atoms with E-state index < -0.39 is 22.6 Å². The molecule has 1 aliphatic heterocycles. The SMILES string of the molecule is C/C1=[C](\[Si](C)(C)C)[Al]([CH3])[O]CCCC1. The molecule has 0 amide bonds. The van der Waals surface area contributed by atoms with E-state index in [4.69, 9.17) is 3.79 Å². The van der Waals surface area contributed by atoms with Gasteiger partial charge >= 0.3 is 14.5 Å². The molecule has 1 nitrogen and oxygen atoms in total. The van der Waals surface area contributed by atoms with Crippen molar-refractivity contribution in [3.63, 3.8) is 0 Å². The molecule has 14 heavy (non-hydrogen) atoms. The lowest BCUT2D eigenvalue weighted by atomic mass is 10.1. The molecule has 3 heteroatoms. The average Bonchev–Trinajstić information content (AvgIpc) is 1.97. The molecule has 0 radical (unpaired) electrons. The highest BCUT2D eigenvalue weighted by atomic mass is 28.3. The lowest BCUT2D eigenvalue weighted by Gasteiger charge is -2.29. The van der Waals surface area contributed by atoms with Crippen LogP contribution in [0.4, 0.5) is 0 Å². The molecule has 1 heterocycles. The highest BCUT2D eigenvalue weighted by Gasteiger charge is 2.32. The Labute approximate surface area is 94.3 Å². The Balaban J connectivity index is 2.96. The van der Waals surface area contributed by atoms with Crippen LogP contribution in [0.25, 0.3) is 0 Å². The highest BCUT2D eigenvalue weighted by molar-refractivity contribution is 6.96. The van der Waals surface area contributed by atoms with Crippen LogP contribution in [0.5, 0.6) is 0 Å². The van der Waals surface area contributed by atoms with Crippen LogP contribution in [0, 0.1) is 0 Å². The molecule has 1 rings (SSSR count). The van der Waals surface area contributed by atoms with Crippen LogP contribution in [0.15, 0.2) is 9.63 Å². The van der Waals surface area contributed by atoms with Gasteiger partial charge in [0.15, 0.2) is 0 Å². The number of rotatable bonds is 1. The lowest BCUT2D eigenvalue weighted by molar-refractivity contribution is 0.313. The van der Waals surface area contributed by atoms with E-state index in [1.54, 1.807) is 9.63 Å². The molecule has 0 aliphatic carbocycles. The van der Waals surface area contributed by atoms with Crippen molar-refractivity contribution in [1.29, 1.82) is 0 Å². The van der Waals surface area contributed by atoms with Crippen LogP contribution in [0.1, 0.15) is 26.2 Å². The normalized spacial score (nSPS) is 25.9. The lowest BCUT2D eigenvalue weighted by Crippen LogP contribution is -2.37. The van der Waals surface area contributed by atoms with Crippen molar-refractivity contribution in [2.75, 3.05) is 6.61 Å². The Morgan fingerprint density at radius 1 is 1.21 bits per heavy atom. The largest absolute Gasteiger partial charge is 0.498 e. The summed E-state index contributed by atoms with van der Waals surface area (Å²) in [5.41, 5.74) is 1.67. The van der Waals surface area contributed by atoms with Gasteiger partial charge in [0.2, 0.25) is 0 Å². The summed E-state index contributed by atoms with van der Waals surface area (Å²) in [5, 5.41) is 0. The van der Waals surface area contributed by atoms with E-state index in [2.05, 4.69) is 32.4 Å². The Morgan fingerprint density at radius 2 is 1.86 bits per heavy atom. The van der Waals surface area contributed by atoms with Crippen molar-refractivity contribution in [3.8, 4) is 0 Å². The zero-order valence-electron chi connectivity index (χ0n) is 10.3. The fourth-order valence-electron chi connectivity index (χ4n) is 2.57. The van der Waals surface area contributed by atoms with Crippen LogP contribution < -0.4 is 0 Å². The quantitative estimate of drug-likeness (QED) is 0.621. The van der Waals surface area contributed by atoms with Gasteiger partial charge in [-0.25, -0.2) is 0 Å². The molecule has 0 aromatic heterocycles. The van der Waals surface area contributed by atoms with Gasteiger partial charge in [-0.1, -0.05) is 31.0 Å². The summed E-state index contributed by atoms with van der Waals surface area (Å²) in [7, 11) is -1.12. The van der Waals surface area contributed by atoms with E-state index in [9.17, 15) is 0 Å². The molecule has 0 unspecified atom stereocenters. The Kier molecular flexibility index (Phi) is 4.46. The third-order valence-corrected chi connectivity index (χ3v) is 10.9. The van der Waals surface area contributed by atoms with Crippen LogP contribution >= 0.6 is 0 Å². The van der Waals surface area contributed by atoms with Crippen LogP contribution in [-0.2, 0) is 3.79 Å². The first-order chi connectivity index (χ1) is 6.43. The highest BCUT2D eigenvalue weighted by Crippen LogP contribution is 2.26. The zero-order valence-corrected chi connectivity index (χ0v) is 12.5. The van der Waals surface area contributed by atoms with Gasteiger partial charge in [0.25, 0.3) is 0 Å². The molecule has 0 atom stereocenters. The summed E-state index contributed by atoms with van der Waals surface area (Å²) in [5.74, 6) is 2.36. The maximum atomic E-state index is 6.01. The molecule has 0 saturated heterocycles.